The summed E-state index contributed by atoms with van der Waals surface area (Å²) in [7, 11) is 1.91. The first-order valence-corrected chi connectivity index (χ1v) is 7.00. The predicted octanol–water partition coefficient (Wildman–Crippen LogP) is 2.54. The van der Waals surface area contributed by atoms with E-state index in [0.717, 1.165) is 35.1 Å². The smallest absolute Gasteiger partial charge is 0.254 e. The minimum Gasteiger partial charge on any atom is -0.337 e. The highest BCUT2D eigenvalue weighted by molar-refractivity contribution is 14.1. The number of nitrogens with one attached hydrogen (secondary N) is 1. The van der Waals surface area contributed by atoms with Crippen LogP contribution in [0.5, 0.6) is 0 Å². The third-order valence-electron chi connectivity index (χ3n) is 3.24. The van der Waals surface area contributed by atoms with Crippen LogP contribution >= 0.6 is 35.0 Å². The molecule has 1 saturated heterocycles. The molecule has 2 rings (SSSR count). The largest absolute Gasteiger partial charge is 0.337 e. The van der Waals surface area contributed by atoms with Gasteiger partial charge in [0.05, 0.1) is 5.56 Å². The van der Waals surface area contributed by atoms with Gasteiger partial charge in [0.25, 0.3) is 5.91 Å². The van der Waals surface area contributed by atoms with Gasteiger partial charge in [-0.1, -0.05) is 12.1 Å². The number of rotatable bonds is 2. The minimum absolute atomic E-state index is 0. The molecule has 100 valence electrons. The van der Waals surface area contributed by atoms with Crippen LogP contribution in [-0.4, -0.2) is 37.0 Å². The Balaban J connectivity index is 0.00000162. The molecule has 1 aliphatic rings. The molecule has 0 aromatic heterocycles. The number of carbonyl (C=O) groups is 1. The van der Waals surface area contributed by atoms with Crippen molar-refractivity contribution in [3.8, 4) is 0 Å². The molecule has 1 aromatic rings. The Labute approximate surface area is 128 Å². The maximum atomic E-state index is 12.4. The van der Waals surface area contributed by atoms with Gasteiger partial charge in [0.15, 0.2) is 0 Å². The lowest BCUT2D eigenvalue weighted by Crippen LogP contribution is -2.46. The molecule has 1 fully saturated rings. The Morgan fingerprint density at radius 2 is 2.17 bits per heavy atom. The molecule has 0 unspecified atom stereocenters. The molecule has 3 nitrogen and oxygen atoms in total. The van der Waals surface area contributed by atoms with E-state index < -0.39 is 0 Å². The zero-order valence-corrected chi connectivity index (χ0v) is 13.3. The molecule has 1 heterocycles. The summed E-state index contributed by atoms with van der Waals surface area (Å²) in [5.41, 5.74) is 0.807. The van der Waals surface area contributed by atoms with Gasteiger partial charge in [-0.25, -0.2) is 0 Å². The quantitative estimate of drug-likeness (QED) is 0.800. The molecule has 0 spiro atoms. The number of piperidine rings is 1. The van der Waals surface area contributed by atoms with E-state index in [1.807, 2.05) is 36.2 Å². The lowest BCUT2D eigenvalue weighted by atomic mass is 10.1. The molecule has 0 radical (unpaired) electrons. The first-order valence-electron chi connectivity index (χ1n) is 5.92. The van der Waals surface area contributed by atoms with Crippen LogP contribution in [0.2, 0.25) is 0 Å². The van der Waals surface area contributed by atoms with Crippen molar-refractivity contribution in [1.29, 1.82) is 0 Å². The van der Waals surface area contributed by atoms with E-state index in [0.29, 0.717) is 6.04 Å². The van der Waals surface area contributed by atoms with E-state index >= 15 is 0 Å². The molecule has 1 aromatic carbocycles. The van der Waals surface area contributed by atoms with Gasteiger partial charge in [0.1, 0.15) is 0 Å². The molecule has 0 saturated carbocycles. The predicted molar refractivity (Wildman–Crippen MR) is 84.4 cm³/mol. The highest BCUT2D eigenvalue weighted by atomic mass is 127. The summed E-state index contributed by atoms with van der Waals surface area (Å²) in [4.78, 5) is 14.2. The molecule has 18 heavy (non-hydrogen) atoms. The monoisotopic (exact) mass is 380 g/mol. The summed E-state index contributed by atoms with van der Waals surface area (Å²) in [6.45, 7) is 1.98. The number of hydrogen-bond donors (Lipinski definition) is 1. The topological polar surface area (TPSA) is 32.3 Å². The first-order chi connectivity index (χ1) is 8.20. The van der Waals surface area contributed by atoms with Gasteiger partial charge in [0.2, 0.25) is 0 Å². The molecule has 1 atom stereocenters. The van der Waals surface area contributed by atoms with Crippen molar-refractivity contribution in [3.63, 3.8) is 0 Å². The van der Waals surface area contributed by atoms with E-state index in [-0.39, 0.29) is 18.3 Å². The lowest BCUT2D eigenvalue weighted by Gasteiger charge is -2.32. The van der Waals surface area contributed by atoms with Crippen molar-refractivity contribution >= 4 is 40.9 Å². The van der Waals surface area contributed by atoms with E-state index in [2.05, 4.69) is 27.9 Å². The van der Waals surface area contributed by atoms with E-state index in [1.54, 1.807) is 0 Å². The second-order valence-corrected chi connectivity index (χ2v) is 5.56. The Hall–Kier alpha value is -0.330. The van der Waals surface area contributed by atoms with Crippen molar-refractivity contribution < 1.29 is 4.79 Å². The van der Waals surface area contributed by atoms with Crippen LogP contribution in [0.1, 0.15) is 23.2 Å². The highest BCUT2D eigenvalue weighted by Crippen LogP contribution is 2.16. The van der Waals surface area contributed by atoms with Crippen LogP contribution in [0.25, 0.3) is 0 Å². The van der Waals surface area contributed by atoms with Crippen molar-refractivity contribution in [3.05, 3.63) is 33.4 Å². The molecular formula is C13H18ClIN2O. The highest BCUT2D eigenvalue weighted by Gasteiger charge is 2.23. The van der Waals surface area contributed by atoms with Gasteiger partial charge in [0, 0.05) is 23.2 Å². The maximum Gasteiger partial charge on any atom is 0.254 e. The van der Waals surface area contributed by atoms with E-state index in [9.17, 15) is 4.79 Å². The SMILES string of the molecule is CN(C(=O)c1ccccc1I)[C@@H]1CCCNC1.Cl. The van der Waals surface area contributed by atoms with Gasteiger partial charge >= 0.3 is 0 Å². The van der Waals surface area contributed by atoms with Crippen molar-refractivity contribution in [1.82, 2.24) is 10.2 Å². The fourth-order valence-electron chi connectivity index (χ4n) is 2.15. The Kier molecular flexibility index (Phi) is 6.38. The van der Waals surface area contributed by atoms with Crippen LogP contribution < -0.4 is 5.32 Å². The van der Waals surface area contributed by atoms with E-state index in [4.69, 9.17) is 0 Å². The molecule has 1 aliphatic heterocycles. The van der Waals surface area contributed by atoms with Crippen LogP contribution in [0.15, 0.2) is 24.3 Å². The van der Waals surface area contributed by atoms with Gasteiger partial charge in [-0.15, -0.1) is 12.4 Å². The van der Waals surface area contributed by atoms with Crippen molar-refractivity contribution in [2.24, 2.45) is 0 Å². The van der Waals surface area contributed by atoms with Crippen molar-refractivity contribution in [2.45, 2.75) is 18.9 Å². The summed E-state index contributed by atoms with van der Waals surface area (Å²) in [6, 6.07) is 8.08. The number of hydrogen-bond acceptors (Lipinski definition) is 2. The van der Waals surface area contributed by atoms with Crippen LogP contribution in [0, 0.1) is 3.57 Å². The summed E-state index contributed by atoms with van der Waals surface area (Å²) < 4.78 is 1.02. The fraction of sp³-hybridized carbons (Fsp3) is 0.462. The molecular weight excluding hydrogens is 363 g/mol. The van der Waals surface area contributed by atoms with E-state index in [1.165, 1.54) is 0 Å². The molecule has 5 heteroatoms. The number of likely N-dealkylation sites (N-methyl/N-ethyl adjacent to an activating group) is 1. The molecule has 1 amide bonds. The number of halogens is 2. The standard InChI is InChI=1S/C13H17IN2O.ClH/c1-16(10-5-4-8-15-9-10)13(17)11-6-2-3-7-12(11)14;/h2-3,6-7,10,15H,4-5,8-9H2,1H3;1H/t10-;/m1./s1. The zero-order valence-electron chi connectivity index (χ0n) is 10.4. The minimum atomic E-state index is 0. The Bertz CT molecular complexity index is 408. The Morgan fingerprint density at radius 1 is 1.44 bits per heavy atom. The average Bonchev–Trinajstić information content (AvgIpc) is 2.39. The number of nitrogens with zero attached hydrogens (tertiary/aromatic N) is 1. The molecule has 0 bridgehead atoms. The third-order valence-corrected chi connectivity index (χ3v) is 4.18. The maximum absolute atomic E-state index is 12.4. The van der Waals surface area contributed by atoms with Crippen LogP contribution in [0.4, 0.5) is 0 Å². The van der Waals surface area contributed by atoms with Gasteiger partial charge in [-0.2, -0.15) is 0 Å². The van der Waals surface area contributed by atoms with Gasteiger partial charge in [-0.3, -0.25) is 4.79 Å². The lowest BCUT2D eigenvalue weighted by molar-refractivity contribution is 0.0707. The van der Waals surface area contributed by atoms with Crippen LogP contribution in [-0.2, 0) is 0 Å². The van der Waals surface area contributed by atoms with Gasteiger partial charge < -0.3 is 10.2 Å². The second kappa shape index (κ2) is 7.31. The van der Waals surface area contributed by atoms with Crippen LogP contribution in [0.3, 0.4) is 0 Å². The number of amides is 1. The number of carbonyl (C=O) groups excluding carboxylic acids is 1. The van der Waals surface area contributed by atoms with Gasteiger partial charge in [-0.05, 0) is 54.1 Å². The first kappa shape index (κ1) is 15.7. The zero-order chi connectivity index (χ0) is 12.3. The fourth-order valence-corrected chi connectivity index (χ4v) is 2.77. The molecule has 1 N–H and O–H groups in total. The summed E-state index contributed by atoms with van der Waals surface area (Å²) in [5.74, 6) is 0.128. The van der Waals surface area contributed by atoms with Crippen molar-refractivity contribution in [2.75, 3.05) is 20.1 Å². The summed E-state index contributed by atoms with van der Waals surface area (Å²) in [5, 5.41) is 3.34. The summed E-state index contributed by atoms with van der Waals surface area (Å²) in [6.07, 6.45) is 2.24. The summed E-state index contributed by atoms with van der Waals surface area (Å²) >= 11 is 2.22. The normalized spacial score (nSPS) is 18.9. The average molecular weight is 381 g/mol. The second-order valence-electron chi connectivity index (χ2n) is 4.40. The Morgan fingerprint density at radius 3 is 2.78 bits per heavy atom. The number of benzene rings is 1. The molecule has 0 aliphatic carbocycles. The third kappa shape index (κ3) is 3.59.